The summed E-state index contributed by atoms with van der Waals surface area (Å²) in [7, 11) is 0. The average Bonchev–Trinajstić information content (AvgIpc) is 1.89. The molecule has 0 aromatic heterocycles. The predicted molar refractivity (Wildman–Crippen MR) is 41.7 cm³/mol. The van der Waals surface area contributed by atoms with Crippen molar-refractivity contribution in [3.63, 3.8) is 0 Å². The average molecular weight is 147 g/mol. The van der Waals surface area contributed by atoms with Gasteiger partial charge in [0.15, 0.2) is 0 Å². The number of rotatable bonds is 6. The van der Waals surface area contributed by atoms with Gasteiger partial charge in [0.25, 0.3) is 0 Å². The smallest absolute Gasteiger partial charge is 0.0654 e. The summed E-state index contributed by atoms with van der Waals surface area (Å²) in [5.74, 6) is 0.795. The SMILES string of the molecule is CCCCCCC[S+]=O. The highest BCUT2D eigenvalue weighted by Gasteiger charge is 1.95. The maximum atomic E-state index is 9.88. The Labute approximate surface area is 61.3 Å². The summed E-state index contributed by atoms with van der Waals surface area (Å²) in [4.78, 5) is 0. The number of hydrogen-bond donors (Lipinski definition) is 0. The van der Waals surface area contributed by atoms with Crippen molar-refractivity contribution in [1.29, 1.82) is 0 Å². The van der Waals surface area contributed by atoms with E-state index in [0.717, 1.165) is 12.2 Å². The number of hydrogen-bond acceptors (Lipinski definition) is 1. The van der Waals surface area contributed by atoms with Gasteiger partial charge in [-0.05, 0) is 6.42 Å². The lowest BCUT2D eigenvalue weighted by atomic mass is 10.2. The first-order chi connectivity index (χ1) is 4.41. The van der Waals surface area contributed by atoms with Crippen LogP contribution in [0, 0.1) is 0 Å². The lowest BCUT2D eigenvalue weighted by molar-refractivity contribution is 0.600. The molecule has 0 aromatic carbocycles. The second-order valence-corrected chi connectivity index (χ2v) is 2.88. The lowest BCUT2D eigenvalue weighted by Crippen LogP contribution is -1.81. The fourth-order valence-corrected chi connectivity index (χ4v) is 1.09. The minimum absolute atomic E-state index is 0.710. The van der Waals surface area contributed by atoms with Crippen LogP contribution in [0.2, 0.25) is 0 Å². The van der Waals surface area contributed by atoms with Crippen LogP contribution in [-0.4, -0.2) is 5.75 Å². The molecule has 0 saturated carbocycles. The van der Waals surface area contributed by atoms with Gasteiger partial charge < -0.3 is 0 Å². The Hall–Kier alpha value is 0.0200. The van der Waals surface area contributed by atoms with Gasteiger partial charge in [-0.3, -0.25) is 0 Å². The van der Waals surface area contributed by atoms with Crippen LogP contribution in [0.15, 0.2) is 0 Å². The Morgan fingerprint density at radius 3 is 2.33 bits per heavy atom. The lowest BCUT2D eigenvalue weighted by Gasteiger charge is -1.90. The highest BCUT2D eigenvalue weighted by molar-refractivity contribution is 7.65. The van der Waals surface area contributed by atoms with Gasteiger partial charge in [-0.15, -0.1) is 0 Å². The van der Waals surface area contributed by atoms with Gasteiger partial charge in [0.2, 0.25) is 5.75 Å². The van der Waals surface area contributed by atoms with Crippen molar-refractivity contribution in [3.05, 3.63) is 0 Å². The van der Waals surface area contributed by atoms with Crippen LogP contribution in [0.5, 0.6) is 0 Å². The topological polar surface area (TPSA) is 17.1 Å². The Balaban J connectivity index is 2.66. The molecule has 9 heavy (non-hydrogen) atoms. The van der Waals surface area contributed by atoms with E-state index in [1.54, 1.807) is 0 Å². The largest absolute Gasteiger partial charge is 0.458 e. The van der Waals surface area contributed by atoms with Crippen LogP contribution in [-0.2, 0) is 15.9 Å². The second-order valence-electron chi connectivity index (χ2n) is 2.24. The third-order valence-corrected chi connectivity index (χ3v) is 1.79. The zero-order valence-corrected chi connectivity index (χ0v) is 6.88. The van der Waals surface area contributed by atoms with E-state index in [0.29, 0.717) is 11.7 Å². The molecular weight excluding hydrogens is 132 g/mol. The van der Waals surface area contributed by atoms with Gasteiger partial charge in [0, 0.05) is 10.6 Å². The van der Waals surface area contributed by atoms with Crippen LogP contribution >= 0.6 is 0 Å². The third kappa shape index (κ3) is 8.02. The van der Waals surface area contributed by atoms with Crippen molar-refractivity contribution < 1.29 is 4.21 Å². The van der Waals surface area contributed by atoms with Gasteiger partial charge in [-0.2, -0.15) is 0 Å². The first kappa shape index (κ1) is 9.02. The molecule has 2 heteroatoms. The first-order valence-electron chi connectivity index (χ1n) is 3.66. The molecule has 0 heterocycles. The van der Waals surface area contributed by atoms with Crippen molar-refractivity contribution >= 4 is 11.7 Å². The maximum absolute atomic E-state index is 9.88. The first-order valence-corrected chi connectivity index (χ1v) is 4.57. The van der Waals surface area contributed by atoms with Gasteiger partial charge in [-0.1, -0.05) is 26.2 Å². The van der Waals surface area contributed by atoms with Crippen molar-refractivity contribution in [2.24, 2.45) is 0 Å². The molecule has 0 spiro atoms. The van der Waals surface area contributed by atoms with E-state index in [1.807, 2.05) is 0 Å². The van der Waals surface area contributed by atoms with E-state index in [4.69, 9.17) is 0 Å². The van der Waals surface area contributed by atoms with Crippen molar-refractivity contribution in [1.82, 2.24) is 0 Å². The Morgan fingerprint density at radius 1 is 1.11 bits per heavy atom. The van der Waals surface area contributed by atoms with Crippen molar-refractivity contribution in [3.8, 4) is 0 Å². The summed E-state index contributed by atoms with van der Waals surface area (Å²) < 4.78 is 9.88. The maximum Gasteiger partial charge on any atom is 0.458 e. The van der Waals surface area contributed by atoms with Crippen LogP contribution in [0.1, 0.15) is 39.0 Å². The standard InChI is InChI=1S/C7H15OS/c1-2-3-4-5-6-7-9-8/h2-7H2,1H3/q+1. The molecule has 0 aliphatic rings. The summed E-state index contributed by atoms with van der Waals surface area (Å²) in [5, 5.41) is 0. The predicted octanol–water partition coefficient (Wildman–Crippen LogP) is 2.38. The second kappa shape index (κ2) is 8.02. The Kier molecular flexibility index (Phi) is 8.04. The molecule has 0 bridgehead atoms. The van der Waals surface area contributed by atoms with Gasteiger partial charge in [0.05, 0.1) is 0 Å². The zero-order valence-electron chi connectivity index (χ0n) is 6.06. The van der Waals surface area contributed by atoms with E-state index in [1.165, 1.54) is 25.7 Å². The molecule has 0 rings (SSSR count). The quantitative estimate of drug-likeness (QED) is 0.416. The summed E-state index contributed by atoms with van der Waals surface area (Å²) >= 11 is 0.710. The fraction of sp³-hybridized carbons (Fsp3) is 1.00. The molecule has 0 fully saturated rings. The highest BCUT2D eigenvalue weighted by Crippen LogP contribution is 2.01. The third-order valence-electron chi connectivity index (χ3n) is 1.33. The van der Waals surface area contributed by atoms with Gasteiger partial charge in [-0.25, -0.2) is 0 Å². The normalized spacial score (nSPS) is 9.44. The van der Waals surface area contributed by atoms with E-state index < -0.39 is 0 Å². The molecule has 0 unspecified atom stereocenters. The minimum Gasteiger partial charge on any atom is -0.0654 e. The molecule has 0 aromatic rings. The molecule has 0 amide bonds. The molecule has 0 N–H and O–H groups in total. The summed E-state index contributed by atoms with van der Waals surface area (Å²) in [6, 6.07) is 0. The van der Waals surface area contributed by atoms with Gasteiger partial charge >= 0.3 is 11.7 Å². The molecule has 0 aliphatic heterocycles. The molecule has 54 valence electrons. The molecule has 0 aliphatic carbocycles. The molecule has 0 saturated heterocycles. The van der Waals surface area contributed by atoms with Crippen LogP contribution in [0.25, 0.3) is 0 Å². The van der Waals surface area contributed by atoms with Crippen LogP contribution in [0.4, 0.5) is 0 Å². The molecule has 0 atom stereocenters. The number of unbranched alkanes of at least 4 members (excludes halogenated alkanes) is 4. The summed E-state index contributed by atoms with van der Waals surface area (Å²) in [5.41, 5.74) is 0. The zero-order chi connectivity index (χ0) is 6.95. The summed E-state index contributed by atoms with van der Waals surface area (Å²) in [6.45, 7) is 2.20. The van der Waals surface area contributed by atoms with Gasteiger partial charge in [0.1, 0.15) is 0 Å². The minimum atomic E-state index is 0.710. The molecule has 1 nitrogen and oxygen atoms in total. The van der Waals surface area contributed by atoms with E-state index in [-0.39, 0.29) is 0 Å². The fourth-order valence-electron chi connectivity index (χ4n) is 0.765. The Morgan fingerprint density at radius 2 is 1.78 bits per heavy atom. The van der Waals surface area contributed by atoms with Crippen LogP contribution in [0.3, 0.4) is 0 Å². The van der Waals surface area contributed by atoms with Crippen molar-refractivity contribution in [2.75, 3.05) is 5.75 Å². The van der Waals surface area contributed by atoms with Crippen LogP contribution < -0.4 is 0 Å². The monoisotopic (exact) mass is 147 g/mol. The Bertz CT molecular complexity index is 63.9. The van der Waals surface area contributed by atoms with E-state index >= 15 is 0 Å². The molecule has 0 radical (unpaired) electrons. The summed E-state index contributed by atoms with van der Waals surface area (Å²) in [6.07, 6.45) is 6.25. The molecular formula is C7H15OS+. The van der Waals surface area contributed by atoms with E-state index in [2.05, 4.69) is 6.92 Å². The highest BCUT2D eigenvalue weighted by atomic mass is 32.1. The van der Waals surface area contributed by atoms with Crippen molar-refractivity contribution in [2.45, 2.75) is 39.0 Å². The van der Waals surface area contributed by atoms with E-state index in [9.17, 15) is 4.21 Å².